The van der Waals surface area contributed by atoms with Gasteiger partial charge in [-0.25, -0.2) is 4.98 Å². The number of carbonyl (C=O) groups excluding carboxylic acids is 2. The Kier molecular flexibility index (Phi) is 10.1. The molecule has 0 radical (unpaired) electrons. The molecule has 3 aromatic rings. The van der Waals surface area contributed by atoms with Gasteiger partial charge >= 0.3 is 0 Å². The highest BCUT2D eigenvalue weighted by molar-refractivity contribution is 5.94. The van der Waals surface area contributed by atoms with E-state index in [1.54, 1.807) is 4.90 Å². The molecule has 2 heterocycles. The lowest BCUT2D eigenvalue weighted by Gasteiger charge is -2.21. The summed E-state index contributed by atoms with van der Waals surface area (Å²) in [6.45, 7) is 5.45. The Labute approximate surface area is 225 Å². The first-order valence-corrected chi connectivity index (χ1v) is 13.7. The normalized spacial score (nSPS) is 13.5. The summed E-state index contributed by atoms with van der Waals surface area (Å²) in [7, 11) is 3.79. The molecule has 0 bridgehead atoms. The van der Waals surface area contributed by atoms with Crippen LogP contribution in [0.2, 0.25) is 0 Å². The van der Waals surface area contributed by atoms with Crippen LogP contribution < -0.4 is 16.0 Å². The second-order valence-electron chi connectivity index (χ2n) is 10.0. The van der Waals surface area contributed by atoms with Crippen molar-refractivity contribution in [2.75, 3.05) is 58.7 Å². The lowest BCUT2D eigenvalue weighted by molar-refractivity contribution is -0.121. The van der Waals surface area contributed by atoms with Crippen LogP contribution >= 0.6 is 0 Å². The number of rotatable bonds is 13. The summed E-state index contributed by atoms with van der Waals surface area (Å²) < 4.78 is 0. The van der Waals surface area contributed by atoms with Crippen LogP contribution in [0.1, 0.15) is 47.4 Å². The Morgan fingerprint density at radius 2 is 1.97 bits per heavy atom. The summed E-state index contributed by atoms with van der Waals surface area (Å²) in [4.78, 5) is 37.4. The number of hydrogen-bond donors (Lipinski definition) is 4. The monoisotopic (exact) mass is 519 g/mol. The molecule has 0 spiro atoms. The Morgan fingerprint density at radius 3 is 2.82 bits per heavy atom. The third-order valence-corrected chi connectivity index (χ3v) is 7.04. The van der Waals surface area contributed by atoms with E-state index in [0.717, 1.165) is 80.1 Å². The Morgan fingerprint density at radius 1 is 1.11 bits per heavy atom. The fraction of sp³-hybridized carbons (Fsp3) is 0.483. The van der Waals surface area contributed by atoms with Crippen molar-refractivity contribution in [2.24, 2.45) is 0 Å². The molecule has 0 saturated carbocycles. The smallest absolute Gasteiger partial charge is 0.253 e. The van der Waals surface area contributed by atoms with Crippen LogP contribution in [0.5, 0.6) is 0 Å². The first-order valence-electron chi connectivity index (χ1n) is 13.7. The minimum atomic E-state index is 0.00156. The lowest BCUT2D eigenvalue weighted by Crippen LogP contribution is -2.35. The van der Waals surface area contributed by atoms with Gasteiger partial charge in [0, 0.05) is 70.4 Å². The Hall–Kier alpha value is -3.43. The molecule has 0 unspecified atom stereocenters. The molecule has 9 nitrogen and oxygen atoms in total. The van der Waals surface area contributed by atoms with E-state index in [9.17, 15) is 9.59 Å². The van der Waals surface area contributed by atoms with Gasteiger partial charge in [-0.1, -0.05) is 18.6 Å². The number of aromatic amines is 1. The molecule has 0 aliphatic carbocycles. The molecule has 4 rings (SSSR count). The molecular weight excluding hydrogens is 478 g/mol. The second kappa shape index (κ2) is 13.9. The summed E-state index contributed by atoms with van der Waals surface area (Å²) in [6, 6.07) is 13.9. The van der Waals surface area contributed by atoms with Crippen LogP contribution in [-0.4, -0.2) is 84.9 Å². The van der Waals surface area contributed by atoms with Crippen LogP contribution in [0.4, 0.5) is 5.69 Å². The SMILES string of the molecule is CNCCCCCC(=O)NCCN1CCNc2ccc(C(=O)N(C)CCc3nc4ccccc4[nH]3)cc2C1. The number of fused-ring (bicyclic) bond motifs is 2. The molecule has 0 fully saturated rings. The van der Waals surface area contributed by atoms with Gasteiger partial charge in [0.15, 0.2) is 0 Å². The van der Waals surface area contributed by atoms with Gasteiger partial charge in [-0.15, -0.1) is 0 Å². The third kappa shape index (κ3) is 7.79. The average molecular weight is 520 g/mol. The van der Waals surface area contributed by atoms with Gasteiger partial charge in [-0.05, 0) is 62.3 Å². The van der Waals surface area contributed by atoms with Crippen LogP contribution in [0.15, 0.2) is 42.5 Å². The van der Waals surface area contributed by atoms with Gasteiger partial charge in [-0.2, -0.15) is 0 Å². The first-order chi connectivity index (χ1) is 18.5. The zero-order chi connectivity index (χ0) is 26.7. The molecule has 38 heavy (non-hydrogen) atoms. The van der Waals surface area contributed by atoms with E-state index in [0.29, 0.717) is 31.5 Å². The average Bonchev–Trinajstić information content (AvgIpc) is 3.23. The van der Waals surface area contributed by atoms with Gasteiger partial charge in [0.25, 0.3) is 5.91 Å². The maximum atomic E-state index is 13.2. The fourth-order valence-electron chi connectivity index (χ4n) is 4.82. The molecule has 9 heteroatoms. The van der Waals surface area contributed by atoms with E-state index in [1.165, 1.54) is 0 Å². The molecule has 0 atom stereocenters. The van der Waals surface area contributed by atoms with Crippen molar-refractivity contribution in [1.82, 2.24) is 30.4 Å². The number of benzene rings is 2. The predicted molar refractivity (Wildman–Crippen MR) is 152 cm³/mol. The van der Waals surface area contributed by atoms with Gasteiger partial charge in [0.05, 0.1) is 11.0 Å². The van der Waals surface area contributed by atoms with Gasteiger partial charge in [-0.3, -0.25) is 14.5 Å². The van der Waals surface area contributed by atoms with Crippen molar-refractivity contribution in [1.29, 1.82) is 0 Å². The number of likely N-dealkylation sites (N-methyl/N-ethyl adjacent to an activating group) is 1. The maximum Gasteiger partial charge on any atom is 0.253 e. The fourth-order valence-corrected chi connectivity index (χ4v) is 4.82. The second-order valence-corrected chi connectivity index (χ2v) is 10.0. The van der Waals surface area contributed by atoms with Gasteiger partial charge < -0.3 is 25.8 Å². The summed E-state index contributed by atoms with van der Waals surface area (Å²) in [5, 5.41) is 9.68. The molecule has 1 aliphatic rings. The van der Waals surface area contributed by atoms with E-state index in [2.05, 4.69) is 30.8 Å². The summed E-state index contributed by atoms with van der Waals surface area (Å²) in [5.74, 6) is 1.01. The van der Waals surface area contributed by atoms with Crippen LogP contribution in [-0.2, 0) is 17.8 Å². The molecule has 0 saturated heterocycles. The van der Waals surface area contributed by atoms with Crippen LogP contribution in [0.3, 0.4) is 0 Å². The van der Waals surface area contributed by atoms with E-state index >= 15 is 0 Å². The quantitative estimate of drug-likeness (QED) is 0.259. The minimum Gasteiger partial charge on any atom is -0.383 e. The summed E-state index contributed by atoms with van der Waals surface area (Å²) >= 11 is 0. The number of H-pyrrole nitrogens is 1. The minimum absolute atomic E-state index is 0.00156. The molecule has 1 aliphatic heterocycles. The standard InChI is InChI=1S/C29H41N7O2/c1-30-14-7-3-4-10-28(37)32-16-19-36-18-15-31-24-12-11-22(20-23(24)21-36)29(38)35(2)17-13-27-33-25-8-5-6-9-26(25)34-27/h5-6,8-9,11-12,20,30-31H,3-4,7,10,13-19,21H2,1-2H3,(H,32,37)(H,33,34). The number of nitrogens with one attached hydrogen (secondary N) is 4. The number of carbonyl (C=O) groups is 2. The Bertz CT molecular complexity index is 1180. The van der Waals surface area contributed by atoms with E-state index in [4.69, 9.17) is 0 Å². The van der Waals surface area contributed by atoms with E-state index < -0.39 is 0 Å². The van der Waals surface area contributed by atoms with Crippen LogP contribution in [0, 0.1) is 0 Å². The first kappa shape index (κ1) is 27.6. The highest BCUT2D eigenvalue weighted by atomic mass is 16.2. The van der Waals surface area contributed by atoms with Crippen molar-refractivity contribution in [2.45, 2.75) is 38.6 Å². The summed E-state index contributed by atoms with van der Waals surface area (Å²) in [5.41, 5.74) is 4.82. The van der Waals surface area contributed by atoms with Crippen molar-refractivity contribution < 1.29 is 9.59 Å². The zero-order valence-electron chi connectivity index (χ0n) is 22.7. The van der Waals surface area contributed by atoms with Crippen LogP contribution in [0.25, 0.3) is 11.0 Å². The third-order valence-electron chi connectivity index (χ3n) is 7.04. The summed E-state index contributed by atoms with van der Waals surface area (Å²) in [6.07, 6.45) is 4.35. The maximum absolute atomic E-state index is 13.2. The number of imidazole rings is 1. The number of para-hydroxylation sites is 2. The lowest BCUT2D eigenvalue weighted by atomic mass is 10.1. The highest BCUT2D eigenvalue weighted by Gasteiger charge is 2.18. The number of amides is 2. The topological polar surface area (TPSA) is 105 Å². The Balaban J connectivity index is 1.26. The van der Waals surface area contributed by atoms with Crippen molar-refractivity contribution in [3.63, 3.8) is 0 Å². The van der Waals surface area contributed by atoms with Crippen molar-refractivity contribution >= 4 is 28.5 Å². The molecule has 204 valence electrons. The molecule has 4 N–H and O–H groups in total. The number of aromatic nitrogens is 2. The predicted octanol–water partition coefficient (Wildman–Crippen LogP) is 3.00. The van der Waals surface area contributed by atoms with E-state index in [1.807, 2.05) is 56.6 Å². The van der Waals surface area contributed by atoms with E-state index in [-0.39, 0.29) is 11.8 Å². The molecule has 2 amide bonds. The zero-order valence-corrected chi connectivity index (χ0v) is 22.7. The molecule has 1 aromatic heterocycles. The number of hydrogen-bond acceptors (Lipinski definition) is 6. The number of unbranched alkanes of at least 4 members (excludes halogenated alkanes) is 2. The van der Waals surface area contributed by atoms with Crippen molar-refractivity contribution in [3.8, 4) is 0 Å². The molecule has 2 aromatic carbocycles. The highest BCUT2D eigenvalue weighted by Crippen LogP contribution is 2.22. The van der Waals surface area contributed by atoms with Gasteiger partial charge in [0.1, 0.15) is 5.82 Å². The number of anilines is 1. The van der Waals surface area contributed by atoms with Crippen molar-refractivity contribution in [3.05, 3.63) is 59.4 Å². The number of nitrogens with zero attached hydrogens (tertiary/aromatic N) is 3. The largest absolute Gasteiger partial charge is 0.383 e. The van der Waals surface area contributed by atoms with Gasteiger partial charge in [0.2, 0.25) is 5.91 Å². The molecular formula is C29H41N7O2.